The molecular weight excluding hydrogens is 325 g/mol. The molecule has 3 aromatic rings. The average molecular weight is 340 g/mol. The number of fused-ring (bicyclic) bond motifs is 1. The van der Waals surface area contributed by atoms with Gasteiger partial charge >= 0.3 is 130 Å². The number of aryl methyl sites for hydroxylation is 1. The first-order valence-electron chi connectivity index (χ1n) is 6.66. The molecule has 1 aromatic heterocycles. The Hall–Kier alpha value is -1.93. The van der Waals surface area contributed by atoms with E-state index in [1.54, 1.807) is 7.11 Å². The van der Waals surface area contributed by atoms with Gasteiger partial charge in [0.2, 0.25) is 0 Å². The van der Waals surface area contributed by atoms with Gasteiger partial charge in [-0.25, -0.2) is 0 Å². The van der Waals surface area contributed by atoms with E-state index in [1.165, 1.54) is 11.1 Å². The van der Waals surface area contributed by atoms with E-state index in [9.17, 15) is 0 Å². The van der Waals surface area contributed by atoms with Crippen LogP contribution in [0.3, 0.4) is 0 Å². The van der Waals surface area contributed by atoms with E-state index >= 15 is 0 Å². The summed E-state index contributed by atoms with van der Waals surface area (Å²) in [6, 6.07) is 14.4. The minimum atomic E-state index is -0.0754. The number of hydrogen-bond donors (Lipinski definition) is 0. The number of ether oxygens (including phenoxy) is 1. The third-order valence-electron chi connectivity index (χ3n) is 3.26. The molecule has 0 saturated heterocycles. The molecule has 1 heterocycles. The van der Waals surface area contributed by atoms with E-state index in [0.29, 0.717) is 0 Å². The SMILES string of the molecule is COc1ccc(C[As]c2nnnc3ccc(C)cc23)cc1. The standard InChI is InChI=1S/C16H15AsN3O/c1-11-3-8-15-14(9-11)16(19-20-18-15)17-10-12-4-6-13(21-2)7-5-12/h3-9H,10H2,1-2H3. The molecule has 0 aliphatic carbocycles. The summed E-state index contributed by atoms with van der Waals surface area (Å²) in [4.78, 5) is 0. The molecule has 5 heteroatoms. The zero-order chi connectivity index (χ0) is 14.7. The van der Waals surface area contributed by atoms with Crippen LogP contribution in [0, 0.1) is 6.92 Å². The first kappa shape index (κ1) is 14.0. The van der Waals surface area contributed by atoms with Crippen LogP contribution >= 0.6 is 0 Å². The average Bonchev–Trinajstić information content (AvgIpc) is 2.53. The number of aromatic nitrogens is 3. The molecule has 0 aliphatic rings. The van der Waals surface area contributed by atoms with Gasteiger partial charge in [-0.1, -0.05) is 0 Å². The van der Waals surface area contributed by atoms with Crippen LogP contribution in [-0.2, 0) is 5.21 Å². The summed E-state index contributed by atoms with van der Waals surface area (Å²) in [6.07, 6.45) is 0. The Labute approximate surface area is 130 Å². The van der Waals surface area contributed by atoms with Crippen molar-refractivity contribution < 1.29 is 4.74 Å². The second-order valence-electron chi connectivity index (χ2n) is 4.80. The number of benzene rings is 2. The van der Waals surface area contributed by atoms with Gasteiger partial charge in [0, 0.05) is 0 Å². The Bertz CT molecular complexity index is 759. The summed E-state index contributed by atoms with van der Waals surface area (Å²) in [7, 11) is 1.68. The monoisotopic (exact) mass is 340 g/mol. The first-order chi connectivity index (χ1) is 10.3. The van der Waals surface area contributed by atoms with Crippen LogP contribution in [0.4, 0.5) is 0 Å². The van der Waals surface area contributed by atoms with Gasteiger partial charge in [-0.2, -0.15) is 0 Å². The summed E-state index contributed by atoms with van der Waals surface area (Å²) in [5.74, 6) is 0.889. The van der Waals surface area contributed by atoms with Crippen LogP contribution in [0.2, 0.25) is 0 Å². The molecule has 105 valence electrons. The van der Waals surface area contributed by atoms with Crippen LogP contribution in [0.1, 0.15) is 11.1 Å². The van der Waals surface area contributed by atoms with E-state index in [1.807, 2.05) is 18.2 Å². The van der Waals surface area contributed by atoms with E-state index in [0.717, 1.165) is 26.3 Å². The van der Waals surface area contributed by atoms with Gasteiger partial charge in [0.25, 0.3) is 0 Å². The Morgan fingerprint density at radius 3 is 2.62 bits per heavy atom. The Balaban J connectivity index is 1.82. The molecule has 0 unspecified atom stereocenters. The fraction of sp³-hybridized carbons (Fsp3) is 0.188. The van der Waals surface area contributed by atoms with Gasteiger partial charge in [-0.3, -0.25) is 0 Å². The maximum absolute atomic E-state index is 5.18. The molecule has 0 aliphatic heterocycles. The van der Waals surface area contributed by atoms with Crippen LogP contribution in [0.5, 0.6) is 5.75 Å². The predicted molar refractivity (Wildman–Crippen MR) is 84.2 cm³/mol. The zero-order valence-electron chi connectivity index (χ0n) is 11.9. The van der Waals surface area contributed by atoms with Crippen molar-refractivity contribution in [2.75, 3.05) is 7.11 Å². The molecule has 0 fully saturated rings. The van der Waals surface area contributed by atoms with Crippen LogP contribution in [0.15, 0.2) is 42.5 Å². The molecule has 0 bridgehead atoms. The zero-order valence-corrected chi connectivity index (χ0v) is 13.8. The van der Waals surface area contributed by atoms with Crippen molar-refractivity contribution in [2.45, 2.75) is 12.1 Å². The molecule has 21 heavy (non-hydrogen) atoms. The van der Waals surface area contributed by atoms with Crippen LogP contribution < -0.4 is 9.22 Å². The van der Waals surface area contributed by atoms with Crippen molar-refractivity contribution in [2.24, 2.45) is 0 Å². The van der Waals surface area contributed by atoms with E-state index in [-0.39, 0.29) is 15.8 Å². The number of nitrogens with zero attached hydrogens (tertiary/aromatic N) is 3. The van der Waals surface area contributed by atoms with E-state index in [2.05, 4.69) is 46.6 Å². The van der Waals surface area contributed by atoms with Gasteiger partial charge in [0.15, 0.2) is 0 Å². The molecule has 0 saturated carbocycles. The van der Waals surface area contributed by atoms with Crippen molar-refractivity contribution in [3.8, 4) is 5.75 Å². The topological polar surface area (TPSA) is 47.9 Å². The molecule has 3 rings (SSSR count). The molecule has 0 atom stereocenters. The van der Waals surface area contributed by atoms with Crippen molar-refractivity contribution in [3.63, 3.8) is 0 Å². The molecule has 0 spiro atoms. The molecule has 0 N–H and O–H groups in total. The third kappa shape index (κ3) is 3.22. The van der Waals surface area contributed by atoms with Crippen LogP contribution in [0.25, 0.3) is 10.9 Å². The molecule has 4 nitrogen and oxygen atoms in total. The molecule has 0 amide bonds. The fourth-order valence-corrected chi connectivity index (χ4v) is 4.19. The first-order valence-corrected chi connectivity index (χ1v) is 8.93. The minimum absolute atomic E-state index is 0.0754. The molecule has 1 radical (unpaired) electrons. The quantitative estimate of drug-likeness (QED) is 0.681. The van der Waals surface area contributed by atoms with Gasteiger partial charge in [-0.15, -0.1) is 0 Å². The second kappa shape index (κ2) is 6.23. The van der Waals surface area contributed by atoms with Gasteiger partial charge in [-0.05, 0) is 0 Å². The fourth-order valence-electron chi connectivity index (χ4n) is 2.10. The number of rotatable bonds is 4. The van der Waals surface area contributed by atoms with Gasteiger partial charge in [0.1, 0.15) is 0 Å². The number of hydrogen-bond acceptors (Lipinski definition) is 4. The number of methoxy groups -OCH3 is 1. The molecule has 2 aromatic carbocycles. The second-order valence-corrected chi connectivity index (χ2v) is 7.01. The summed E-state index contributed by atoms with van der Waals surface area (Å²) in [6.45, 7) is 2.09. The summed E-state index contributed by atoms with van der Waals surface area (Å²) < 4.78 is 6.27. The van der Waals surface area contributed by atoms with E-state index in [4.69, 9.17) is 4.74 Å². The summed E-state index contributed by atoms with van der Waals surface area (Å²) in [5, 5.41) is 14.4. The van der Waals surface area contributed by atoms with Crippen molar-refractivity contribution >= 4 is 31.1 Å². The molecular formula is C16H15AsN3O. The summed E-state index contributed by atoms with van der Waals surface area (Å²) >= 11 is -0.0754. The Morgan fingerprint density at radius 1 is 1.05 bits per heavy atom. The van der Waals surface area contributed by atoms with Crippen molar-refractivity contribution in [1.82, 2.24) is 15.4 Å². The van der Waals surface area contributed by atoms with Gasteiger partial charge < -0.3 is 0 Å². The predicted octanol–water partition coefficient (Wildman–Crippen LogP) is 1.87. The van der Waals surface area contributed by atoms with Crippen LogP contribution in [-0.4, -0.2) is 38.3 Å². The normalized spacial score (nSPS) is 11.3. The van der Waals surface area contributed by atoms with E-state index < -0.39 is 0 Å². The Morgan fingerprint density at radius 2 is 1.86 bits per heavy atom. The summed E-state index contributed by atoms with van der Waals surface area (Å²) in [5.41, 5.74) is 3.45. The Kier molecular flexibility index (Phi) is 4.16. The third-order valence-corrected chi connectivity index (χ3v) is 5.67. The van der Waals surface area contributed by atoms with Gasteiger partial charge in [0.05, 0.1) is 0 Å². The maximum atomic E-state index is 5.18. The van der Waals surface area contributed by atoms with Crippen molar-refractivity contribution in [1.29, 1.82) is 0 Å². The van der Waals surface area contributed by atoms with Crippen molar-refractivity contribution in [3.05, 3.63) is 53.6 Å².